The Morgan fingerprint density at radius 1 is 1.00 bits per heavy atom. The molecule has 0 N–H and O–H groups in total. The first-order chi connectivity index (χ1) is 10.5. The Balaban J connectivity index is 1.89. The molecule has 0 spiro atoms. The van der Waals surface area contributed by atoms with Crippen molar-refractivity contribution < 1.29 is 0 Å². The normalized spacial score (nSPS) is 10.9. The molecule has 4 nitrogen and oxygen atoms in total. The SMILES string of the molecule is Cc1cccc(Cl)c1-c1nnn(Cc2ccc(Cl)c(Cl)c2)n1. The van der Waals surface area contributed by atoms with Gasteiger partial charge in [-0.3, -0.25) is 0 Å². The molecule has 1 aromatic heterocycles. The molecule has 1 heterocycles. The van der Waals surface area contributed by atoms with Gasteiger partial charge in [0, 0.05) is 5.56 Å². The van der Waals surface area contributed by atoms with E-state index >= 15 is 0 Å². The standard InChI is InChI=1S/C15H11Cl3N4/c1-9-3-2-4-12(17)14(9)15-19-21-22(20-15)8-10-5-6-11(16)13(18)7-10/h2-7H,8H2,1H3. The molecule has 0 fully saturated rings. The zero-order chi connectivity index (χ0) is 15.7. The van der Waals surface area contributed by atoms with Crippen molar-refractivity contribution in [1.82, 2.24) is 20.2 Å². The lowest BCUT2D eigenvalue weighted by atomic mass is 10.1. The van der Waals surface area contributed by atoms with Gasteiger partial charge in [-0.2, -0.15) is 4.80 Å². The van der Waals surface area contributed by atoms with Crippen LogP contribution in [-0.2, 0) is 6.54 Å². The predicted molar refractivity (Wildman–Crippen MR) is 88.6 cm³/mol. The highest BCUT2D eigenvalue weighted by Gasteiger charge is 2.13. The molecule has 2 aromatic carbocycles. The first kappa shape index (κ1) is 15.3. The number of hydrogen-bond donors (Lipinski definition) is 0. The third kappa shape index (κ3) is 3.09. The minimum Gasteiger partial charge on any atom is -0.159 e. The highest BCUT2D eigenvalue weighted by molar-refractivity contribution is 6.42. The summed E-state index contributed by atoms with van der Waals surface area (Å²) >= 11 is 18.1. The van der Waals surface area contributed by atoms with Gasteiger partial charge in [0.25, 0.3) is 0 Å². The van der Waals surface area contributed by atoms with Crippen LogP contribution in [0.4, 0.5) is 0 Å². The van der Waals surface area contributed by atoms with Gasteiger partial charge < -0.3 is 0 Å². The number of halogens is 3. The molecule has 3 rings (SSSR count). The van der Waals surface area contributed by atoms with Crippen molar-refractivity contribution in [2.75, 3.05) is 0 Å². The monoisotopic (exact) mass is 352 g/mol. The van der Waals surface area contributed by atoms with E-state index in [2.05, 4.69) is 15.4 Å². The quantitative estimate of drug-likeness (QED) is 0.688. The largest absolute Gasteiger partial charge is 0.206 e. The van der Waals surface area contributed by atoms with Crippen molar-refractivity contribution >= 4 is 34.8 Å². The number of benzene rings is 2. The van der Waals surface area contributed by atoms with Crippen LogP contribution in [0.25, 0.3) is 11.4 Å². The Kier molecular flexibility index (Phi) is 4.34. The first-order valence-electron chi connectivity index (χ1n) is 6.52. The second-order valence-electron chi connectivity index (χ2n) is 4.82. The second-order valence-corrected chi connectivity index (χ2v) is 6.05. The predicted octanol–water partition coefficient (Wildman–Crippen LogP) is 4.66. The molecule has 0 amide bonds. The molecule has 0 saturated carbocycles. The fourth-order valence-electron chi connectivity index (χ4n) is 2.13. The van der Waals surface area contributed by atoms with Crippen LogP contribution >= 0.6 is 34.8 Å². The van der Waals surface area contributed by atoms with Crippen LogP contribution < -0.4 is 0 Å². The molecule has 0 aliphatic heterocycles. The van der Waals surface area contributed by atoms with E-state index in [0.29, 0.717) is 27.4 Å². The summed E-state index contributed by atoms with van der Waals surface area (Å²) in [7, 11) is 0. The van der Waals surface area contributed by atoms with Crippen molar-refractivity contribution in [1.29, 1.82) is 0 Å². The van der Waals surface area contributed by atoms with Crippen LogP contribution in [0.3, 0.4) is 0 Å². The van der Waals surface area contributed by atoms with Gasteiger partial charge in [0.15, 0.2) is 0 Å². The average molecular weight is 354 g/mol. The topological polar surface area (TPSA) is 43.6 Å². The summed E-state index contributed by atoms with van der Waals surface area (Å²) < 4.78 is 0. The lowest BCUT2D eigenvalue weighted by Crippen LogP contribution is -2.04. The van der Waals surface area contributed by atoms with Gasteiger partial charge in [-0.1, -0.05) is 53.0 Å². The number of hydrogen-bond acceptors (Lipinski definition) is 3. The van der Waals surface area contributed by atoms with Gasteiger partial charge in [-0.05, 0) is 41.5 Å². The maximum Gasteiger partial charge on any atom is 0.206 e. The van der Waals surface area contributed by atoms with Gasteiger partial charge in [0.2, 0.25) is 5.82 Å². The van der Waals surface area contributed by atoms with Crippen LogP contribution in [0, 0.1) is 6.92 Å². The Bertz CT molecular complexity index is 809. The molecule has 0 bridgehead atoms. The van der Waals surface area contributed by atoms with Crippen LogP contribution in [0.1, 0.15) is 11.1 Å². The smallest absolute Gasteiger partial charge is 0.159 e. The van der Waals surface area contributed by atoms with Crippen LogP contribution in [0.5, 0.6) is 0 Å². The molecule has 0 aliphatic rings. The van der Waals surface area contributed by atoms with Crippen molar-refractivity contribution in [3.8, 4) is 11.4 Å². The Hall–Kier alpha value is -1.62. The van der Waals surface area contributed by atoms with E-state index in [-0.39, 0.29) is 0 Å². The molecule has 0 atom stereocenters. The number of rotatable bonds is 3. The number of aromatic nitrogens is 4. The minimum atomic E-state index is 0.452. The molecule has 0 unspecified atom stereocenters. The van der Waals surface area contributed by atoms with Gasteiger partial charge in [0.1, 0.15) is 0 Å². The average Bonchev–Trinajstić information content (AvgIpc) is 2.91. The van der Waals surface area contributed by atoms with E-state index in [1.807, 2.05) is 31.2 Å². The summed E-state index contributed by atoms with van der Waals surface area (Å²) in [4.78, 5) is 1.50. The van der Waals surface area contributed by atoms with Crippen LogP contribution in [-0.4, -0.2) is 20.2 Å². The third-order valence-corrected chi connectivity index (χ3v) is 4.26. The summed E-state index contributed by atoms with van der Waals surface area (Å²) in [5, 5.41) is 14.2. The highest BCUT2D eigenvalue weighted by atomic mass is 35.5. The zero-order valence-electron chi connectivity index (χ0n) is 11.6. The summed E-state index contributed by atoms with van der Waals surface area (Å²) in [6.45, 7) is 2.41. The maximum atomic E-state index is 6.22. The number of aryl methyl sites for hydroxylation is 1. The van der Waals surface area contributed by atoms with Crippen molar-refractivity contribution in [3.63, 3.8) is 0 Å². The lowest BCUT2D eigenvalue weighted by Gasteiger charge is -2.03. The second kappa shape index (κ2) is 6.24. The highest BCUT2D eigenvalue weighted by Crippen LogP contribution is 2.28. The van der Waals surface area contributed by atoms with E-state index in [9.17, 15) is 0 Å². The van der Waals surface area contributed by atoms with E-state index < -0.39 is 0 Å². The number of nitrogens with zero attached hydrogens (tertiary/aromatic N) is 4. The Morgan fingerprint density at radius 3 is 2.55 bits per heavy atom. The molecule has 0 aliphatic carbocycles. The van der Waals surface area contributed by atoms with Gasteiger partial charge >= 0.3 is 0 Å². The Labute approximate surface area is 142 Å². The van der Waals surface area contributed by atoms with E-state index in [0.717, 1.165) is 16.7 Å². The first-order valence-corrected chi connectivity index (χ1v) is 7.65. The fraction of sp³-hybridized carbons (Fsp3) is 0.133. The van der Waals surface area contributed by atoms with E-state index in [4.69, 9.17) is 34.8 Å². The Morgan fingerprint density at radius 2 is 1.82 bits per heavy atom. The van der Waals surface area contributed by atoms with Crippen LogP contribution in [0.2, 0.25) is 15.1 Å². The van der Waals surface area contributed by atoms with Crippen LogP contribution in [0.15, 0.2) is 36.4 Å². The van der Waals surface area contributed by atoms with Gasteiger partial charge in [-0.15, -0.1) is 10.2 Å². The zero-order valence-corrected chi connectivity index (χ0v) is 13.9. The number of tetrazole rings is 1. The van der Waals surface area contributed by atoms with E-state index in [1.54, 1.807) is 12.1 Å². The minimum absolute atomic E-state index is 0.452. The summed E-state index contributed by atoms with van der Waals surface area (Å²) in [6, 6.07) is 11.1. The molecule has 0 saturated heterocycles. The van der Waals surface area contributed by atoms with Crippen molar-refractivity contribution in [2.45, 2.75) is 13.5 Å². The molecule has 7 heteroatoms. The summed E-state index contributed by atoms with van der Waals surface area (Å²) in [6.07, 6.45) is 0. The summed E-state index contributed by atoms with van der Waals surface area (Å²) in [5.74, 6) is 0.503. The maximum absolute atomic E-state index is 6.22. The van der Waals surface area contributed by atoms with Gasteiger partial charge in [0.05, 0.1) is 21.6 Å². The molecule has 0 radical (unpaired) electrons. The molecule has 3 aromatic rings. The molecular formula is C15H11Cl3N4. The molecular weight excluding hydrogens is 343 g/mol. The summed E-state index contributed by atoms with van der Waals surface area (Å²) in [5.41, 5.74) is 2.74. The van der Waals surface area contributed by atoms with Crippen molar-refractivity contribution in [2.24, 2.45) is 0 Å². The molecule has 22 heavy (non-hydrogen) atoms. The van der Waals surface area contributed by atoms with E-state index in [1.165, 1.54) is 4.80 Å². The lowest BCUT2D eigenvalue weighted by molar-refractivity contribution is 0.573. The van der Waals surface area contributed by atoms with Crippen molar-refractivity contribution in [3.05, 3.63) is 62.6 Å². The van der Waals surface area contributed by atoms with Gasteiger partial charge in [-0.25, -0.2) is 0 Å². The third-order valence-electron chi connectivity index (χ3n) is 3.21. The molecule has 112 valence electrons. The fourth-order valence-corrected chi connectivity index (χ4v) is 2.75.